The lowest BCUT2D eigenvalue weighted by atomic mass is 10.5. The molecule has 0 amide bonds. The lowest BCUT2D eigenvalue weighted by Gasteiger charge is -2.17. The van der Waals surface area contributed by atoms with E-state index in [0.29, 0.717) is 6.42 Å². The number of aromatic nitrogens is 1. The van der Waals surface area contributed by atoms with Crippen LogP contribution in [0.3, 0.4) is 0 Å². The number of nitrogens with one attached hydrogen (secondary N) is 1. The number of pyridine rings is 1. The first-order valence-corrected chi connectivity index (χ1v) is 6.26. The van der Waals surface area contributed by atoms with E-state index in [-0.39, 0.29) is 19.0 Å². The highest BCUT2D eigenvalue weighted by Gasteiger charge is 2.16. The summed E-state index contributed by atoms with van der Waals surface area (Å²) in [7, 11) is -2.13. The van der Waals surface area contributed by atoms with Gasteiger partial charge in [-0.15, -0.1) is 0 Å². The predicted octanol–water partition coefficient (Wildman–Crippen LogP) is 0.0525. The van der Waals surface area contributed by atoms with Gasteiger partial charge in [0.1, 0.15) is 5.82 Å². The van der Waals surface area contributed by atoms with Crippen LogP contribution in [-0.4, -0.2) is 43.0 Å². The second-order valence-electron chi connectivity index (χ2n) is 3.22. The van der Waals surface area contributed by atoms with Crippen molar-refractivity contribution >= 4 is 16.0 Å². The Kier molecular flexibility index (Phi) is 4.66. The first-order chi connectivity index (χ1) is 7.56. The van der Waals surface area contributed by atoms with Crippen LogP contribution in [0.25, 0.3) is 0 Å². The molecule has 0 aliphatic heterocycles. The molecule has 0 bridgehead atoms. The summed E-state index contributed by atoms with van der Waals surface area (Å²) in [5.74, 6) is 0.276. The molecule has 1 aromatic heterocycles. The van der Waals surface area contributed by atoms with Gasteiger partial charge >= 0.3 is 10.2 Å². The van der Waals surface area contributed by atoms with Crippen molar-refractivity contribution in [1.82, 2.24) is 9.29 Å². The average Bonchev–Trinajstić information content (AvgIpc) is 2.26. The summed E-state index contributed by atoms with van der Waals surface area (Å²) in [5, 5.41) is 8.62. The molecule has 0 atom stereocenters. The zero-order chi connectivity index (χ0) is 12.0. The van der Waals surface area contributed by atoms with Crippen LogP contribution in [0, 0.1) is 0 Å². The smallest absolute Gasteiger partial charge is 0.302 e. The minimum Gasteiger partial charge on any atom is -0.396 e. The fourth-order valence-electron chi connectivity index (χ4n) is 1.05. The Balaban J connectivity index is 2.65. The maximum Gasteiger partial charge on any atom is 0.302 e. The van der Waals surface area contributed by atoms with Gasteiger partial charge in [-0.3, -0.25) is 4.72 Å². The fraction of sp³-hybridized carbons (Fsp3) is 0.444. The van der Waals surface area contributed by atoms with Crippen molar-refractivity contribution in [2.75, 3.05) is 24.9 Å². The maximum atomic E-state index is 11.7. The SMILES string of the molecule is CN(CCCO)S(=O)(=O)Nc1ccccn1. The van der Waals surface area contributed by atoms with Crippen LogP contribution in [0.15, 0.2) is 24.4 Å². The van der Waals surface area contributed by atoms with E-state index in [1.807, 2.05) is 0 Å². The Morgan fingerprint density at radius 3 is 2.81 bits per heavy atom. The van der Waals surface area contributed by atoms with Crippen LogP contribution in [0.2, 0.25) is 0 Å². The Labute approximate surface area is 95.1 Å². The zero-order valence-electron chi connectivity index (χ0n) is 9.00. The molecule has 90 valence electrons. The molecule has 7 heteroatoms. The number of aliphatic hydroxyl groups excluding tert-OH is 1. The van der Waals surface area contributed by atoms with Crippen molar-refractivity contribution in [3.8, 4) is 0 Å². The van der Waals surface area contributed by atoms with E-state index in [9.17, 15) is 8.42 Å². The van der Waals surface area contributed by atoms with E-state index in [1.165, 1.54) is 13.2 Å². The van der Waals surface area contributed by atoms with Gasteiger partial charge in [-0.25, -0.2) is 4.98 Å². The molecule has 2 N–H and O–H groups in total. The number of nitrogens with zero attached hydrogens (tertiary/aromatic N) is 2. The first kappa shape index (κ1) is 12.9. The quantitative estimate of drug-likeness (QED) is 0.742. The summed E-state index contributed by atoms with van der Waals surface area (Å²) in [6.45, 7) is 0.224. The fourth-order valence-corrected chi connectivity index (χ4v) is 1.96. The third-order valence-electron chi connectivity index (χ3n) is 1.94. The van der Waals surface area contributed by atoms with Gasteiger partial charge in [0.2, 0.25) is 0 Å². The van der Waals surface area contributed by atoms with Crippen molar-refractivity contribution in [3.05, 3.63) is 24.4 Å². The van der Waals surface area contributed by atoms with Crippen LogP contribution in [0.1, 0.15) is 6.42 Å². The Morgan fingerprint density at radius 1 is 1.50 bits per heavy atom. The molecule has 16 heavy (non-hydrogen) atoms. The van der Waals surface area contributed by atoms with Gasteiger partial charge in [-0.2, -0.15) is 12.7 Å². The van der Waals surface area contributed by atoms with E-state index in [4.69, 9.17) is 5.11 Å². The summed E-state index contributed by atoms with van der Waals surface area (Å²) < 4.78 is 26.9. The van der Waals surface area contributed by atoms with Gasteiger partial charge in [0.25, 0.3) is 0 Å². The molecule has 0 aliphatic rings. The molecule has 1 rings (SSSR count). The number of hydrogen-bond donors (Lipinski definition) is 2. The molecule has 6 nitrogen and oxygen atoms in total. The van der Waals surface area contributed by atoms with Crippen LogP contribution >= 0.6 is 0 Å². The average molecular weight is 245 g/mol. The number of rotatable bonds is 6. The van der Waals surface area contributed by atoms with Gasteiger partial charge in [0, 0.05) is 26.4 Å². The summed E-state index contributed by atoms with van der Waals surface area (Å²) in [4.78, 5) is 3.86. The van der Waals surface area contributed by atoms with E-state index >= 15 is 0 Å². The van der Waals surface area contributed by atoms with E-state index in [1.54, 1.807) is 18.2 Å². The van der Waals surface area contributed by atoms with Crippen LogP contribution in [0.5, 0.6) is 0 Å². The standard InChI is InChI=1S/C9H15N3O3S/c1-12(7-4-8-13)16(14,15)11-9-5-2-3-6-10-9/h2-3,5-6,13H,4,7-8H2,1H3,(H,10,11). The van der Waals surface area contributed by atoms with Crippen LogP contribution < -0.4 is 4.72 Å². The van der Waals surface area contributed by atoms with Gasteiger partial charge < -0.3 is 5.11 Å². The first-order valence-electron chi connectivity index (χ1n) is 4.82. The van der Waals surface area contributed by atoms with Crippen LogP contribution in [-0.2, 0) is 10.2 Å². The molecular formula is C9H15N3O3S. The summed E-state index contributed by atoms with van der Waals surface area (Å²) in [5.41, 5.74) is 0. The third kappa shape index (κ3) is 3.76. The summed E-state index contributed by atoms with van der Waals surface area (Å²) >= 11 is 0. The van der Waals surface area contributed by atoms with Crippen molar-refractivity contribution in [3.63, 3.8) is 0 Å². The summed E-state index contributed by atoms with van der Waals surface area (Å²) in [6.07, 6.45) is 1.91. The highest BCUT2D eigenvalue weighted by Crippen LogP contribution is 2.06. The number of aliphatic hydroxyl groups is 1. The Morgan fingerprint density at radius 2 is 2.25 bits per heavy atom. The second-order valence-corrected chi connectivity index (χ2v) is 5.00. The minimum absolute atomic E-state index is 0.0382. The topological polar surface area (TPSA) is 82.5 Å². The monoisotopic (exact) mass is 245 g/mol. The Hall–Kier alpha value is -1.18. The van der Waals surface area contributed by atoms with Gasteiger partial charge in [0.05, 0.1) is 0 Å². The second kappa shape index (κ2) is 5.78. The molecule has 0 radical (unpaired) electrons. The lowest BCUT2D eigenvalue weighted by molar-refractivity contribution is 0.276. The normalized spacial score (nSPS) is 11.7. The highest BCUT2D eigenvalue weighted by atomic mass is 32.2. The molecule has 0 unspecified atom stereocenters. The molecular weight excluding hydrogens is 230 g/mol. The zero-order valence-corrected chi connectivity index (χ0v) is 9.81. The summed E-state index contributed by atoms with van der Waals surface area (Å²) in [6, 6.07) is 4.96. The molecule has 0 aliphatic carbocycles. The largest absolute Gasteiger partial charge is 0.396 e. The van der Waals surface area contributed by atoms with Crippen LogP contribution in [0.4, 0.5) is 5.82 Å². The van der Waals surface area contributed by atoms with Gasteiger partial charge in [-0.05, 0) is 18.6 Å². The minimum atomic E-state index is -3.58. The van der Waals surface area contributed by atoms with Gasteiger partial charge in [0.15, 0.2) is 0 Å². The molecule has 1 heterocycles. The van der Waals surface area contributed by atoms with Crippen molar-refractivity contribution in [1.29, 1.82) is 0 Å². The molecule has 0 saturated heterocycles. The van der Waals surface area contributed by atoms with Crippen molar-refractivity contribution in [2.45, 2.75) is 6.42 Å². The Bertz CT molecular complexity index is 407. The lowest BCUT2D eigenvalue weighted by Crippen LogP contribution is -2.33. The molecule has 0 saturated carbocycles. The van der Waals surface area contributed by atoms with E-state index in [0.717, 1.165) is 4.31 Å². The molecule has 1 aromatic rings. The maximum absolute atomic E-state index is 11.7. The van der Waals surface area contributed by atoms with Crippen molar-refractivity contribution < 1.29 is 13.5 Å². The molecule has 0 aromatic carbocycles. The molecule has 0 spiro atoms. The number of anilines is 1. The highest BCUT2D eigenvalue weighted by molar-refractivity contribution is 7.90. The third-order valence-corrected chi connectivity index (χ3v) is 3.41. The van der Waals surface area contributed by atoms with E-state index in [2.05, 4.69) is 9.71 Å². The van der Waals surface area contributed by atoms with Gasteiger partial charge in [-0.1, -0.05) is 6.07 Å². The van der Waals surface area contributed by atoms with E-state index < -0.39 is 10.2 Å². The predicted molar refractivity (Wildman–Crippen MR) is 61.1 cm³/mol. The number of hydrogen-bond acceptors (Lipinski definition) is 4. The molecule has 0 fully saturated rings. The van der Waals surface area contributed by atoms with Crippen molar-refractivity contribution in [2.24, 2.45) is 0 Å².